The average molecular weight is 1170 g/mol. The van der Waals surface area contributed by atoms with Crippen LogP contribution in [-0.2, 0) is 28.6 Å². The van der Waals surface area contributed by atoms with Crippen molar-refractivity contribution in [1.29, 1.82) is 0 Å². The van der Waals surface area contributed by atoms with E-state index in [4.69, 9.17) is 14.2 Å². The number of hydrogen-bond acceptors (Lipinski definition) is 6. The Kier molecular flexibility index (Phi) is 70.5. The van der Waals surface area contributed by atoms with Crippen molar-refractivity contribution in [3.05, 3.63) is 24.3 Å². The summed E-state index contributed by atoms with van der Waals surface area (Å²) < 4.78 is 17.0. The van der Waals surface area contributed by atoms with Gasteiger partial charge in [-0.15, -0.1) is 0 Å². The van der Waals surface area contributed by atoms with Crippen LogP contribution in [-0.4, -0.2) is 37.2 Å². The normalized spacial score (nSPS) is 12.1. The van der Waals surface area contributed by atoms with Gasteiger partial charge in [-0.1, -0.05) is 366 Å². The lowest BCUT2D eigenvalue weighted by atomic mass is 10.0. The smallest absolute Gasteiger partial charge is 0.306 e. The van der Waals surface area contributed by atoms with Crippen LogP contribution in [0.1, 0.15) is 432 Å². The summed E-state index contributed by atoms with van der Waals surface area (Å²) in [6.45, 7) is 6.70. The molecule has 0 aliphatic rings. The maximum Gasteiger partial charge on any atom is 0.306 e. The van der Waals surface area contributed by atoms with Crippen molar-refractivity contribution in [3.63, 3.8) is 0 Å². The molecule has 0 rings (SSSR count). The molecule has 0 radical (unpaired) electrons. The molecule has 0 amide bonds. The fourth-order valence-electron chi connectivity index (χ4n) is 11.7. The summed E-state index contributed by atoms with van der Waals surface area (Å²) in [6, 6.07) is 0. The van der Waals surface area contributed by atoms with E-state index in [1.807, 2.05) is 0 Å². The summed E-state index contributed by atoms with van der Waals surface area (Å²) in [4.78, 5) is 38.5. The molecule has 0 aliphatic heterocycles. The van der Waals surface area contributed by atoms with Gasteiger partial charge in [0.05, 0.1) is 0 Å². The summed E-state index contributed by atoms with van der Waals surface area (Å²) in [5, 5.41) is 0. The molecule has 0 aliphatic carbocycles. The second kappa shape index (κ2) is 72.4. The van der Waals surface area contributed by atoms with E-state index in [1.165, 1.54) is 327 Å². The fraction of sp³-hybridized carbons (Fsp3) is 0.909. The minimum atomic E-state index is -0.774. The lowest BCUT2D eigenvalue weighted by Gasteiger charge is -2.18. The minimum absolute atomic E-state index is 0.0692. The highest BCUT2D eigenvalue weighted by Gasteiger charge is 2.20. The third-order valence-corrected chi connectivity index (χ3v) is 17.4. The SMILES string of the molecule is CCCCCC/C=C\CCCCCCCC(=O)OCC(COC(=O)CCCCCCCCCCCCCCCCCCCCCCCCCCCCCCCCC)OC(=O)CCCCCCCCCCC/C=C\CCCCCCCCCC. The minimum Gasteiger partial charge on any atom is -0.462 e. The van der Waals surface area contributed by atoms with E-state index in [-0.39, 0.29) is 31.1 Å². The van der Waals surface area contributed by atoms with Crippen molar-refractivity contribution < 1.29 is 28.6 Å². The maximum atomic E-state index is 13.0. The van der Waals surface area contributed by atoms with Crippen molar-refractivity contribution >= 4 is 17.9 Å². The van der Waals surface area contributed by atoms with Crippen molar-refractivity contribution in [2.75, 3.05) is 13.2 Å². The lowest BCUT2D eigenvalue weighted by Crippen LogP contribution is -2.30. The fourth-order valence-corrected chi connectivity index (χ4v) is 11.7. The number of rotatable bonds is 71. The first-order valence-corrected chi connectivity index (χ1v) is 37.8. The Hall–Kier alpha value is -2.11. The van der Waals surface area contributed by atoms with Crippen LogP contribution in [0.4, 0.5) is 0 Å². The highest BCUT2D eigenvalue weighted by molar-refractivity contribution is 5.71. The standard InChI is InChI=1S/C77H146O6/c1-4-7-10-13-16-19-22-25-27-29-31-33-34-35-36-37-38-39-40-41-42-44-45-47-49-52-55-58-61-64-67-70-76(79)82-73-74(72-81-75(78)69-66-63-60-57-54-51-24-21-18-15-12-9-6-3)83-77(80)71-68-65-62-59-56-53-50-48-46-43-32-30-28-26-23-20-17-14-11-8-5-2/h21,24,30,32,74H,4-20,22-23,25-29,31,33-73H2,1-3H3/b24-21-,32-30-. The molecule has 0 bridgehead atoms. The van der Waals surface area contributed by atoms with Crippen LogP contribution in [0, 0.1) is 0 Å². The van der Waals surface area contributed by atoms with E-state index in [2.05, 4.69) is 45.1 Å². The predicted octanol–water partition coefficient (Wildman–Crippen LogP) is 26.1. The Bertz CT molecular complexity index is 1340. The summed E-state index contributed by atoms with van der Waals surface area (Å²) >= 11 is 0. The van der Waals surface area contributed by atoms with Gasteiger partial charge >= 0.3 is 17.9 Å². The van der Waals surface area contributed by atoms with Crippen LogP contribution in [0.3, 0.4) is 0 Å². The summed E-state index contributed by atoms with van der Waals surface area (Å²) in [6.07, 6.45) is 89.5. The van der Waals surface area contributed by atoms with Gasteiger partial charge in [-0.05, 0) is 70.6 Å². The molecule has 0 aromatic carbocycles. The Morgan fingerprint density at radius 1 is 0.229 bits per heavy atom. The van der Waals surface area contributed by atoms with Gasteiger partial charge in [0.25, 0.3) is 0 Å². The van der Waals surface area contributed by atoms with Crippen LogP contribution < -0.4 is 0 Å². The first-order valence-electron chi connectivity index (χ1n) is 37.8. The monoisotopic (exact) mass is 1170 g/mol. The highest BCUT2D eigenvalue weighted by atomic mass is 16.6. The van der Waals surface area contributed by atoms with E-state index in [0.717, 1.165) is 64.2 Å². The Labute approximate surface area is 519 Å². The number of carbonyl (C=O) groups is 3. The van der Waals surface area contributed by atoms with Gasteiger partial charge < -0.3 is 14.2 Å². The molecular formula is C77H146O6. The van der Waals surface area contributed by atoms with Gasteiger partial charge in [-0.2, -0.15) is 0 Å². The van der Waals surface area contributed by atoms with Gasteiger partial charge in [0.2, 0.25) is 0 Å². The molecule has 0 spiro atoms. The Morgan fingerprint density at radius 2 is 0.398 bits per heavy atom. The zero-order valence-electron chi connectivity index (χ0n) is 56.5. The molecule has 0 fully saturated rings. The quantitative estimate of drug-likeness (QED) is 0.0261. The van der Waals surface area contributed by atoms with Gasteiger partial charge in [-0.25, -0.2) is 0 Å². The summed E-state index contributed by atoms with van der Waals surface area (Å²) in [5.74, 6) is -0.848. The molecule has 0 aromatic rings. The van der Waals surface area contributed by atoms with Crippen molar-refractivity contribution in [3.8, 4) is 0 Å². The summed E-state index contributed by atoms with van der Waals surface area (Å²) in [5.41, 5.74) is 0. The number of hydrogen-bond donors (Lipinski definition) is 0. The number of unbranched alkanes of at least 4 members (excludes halogenated alkanes) is 56. The number of ether oxygens (including phenoxy) is 3. The highest BCUT2D eigenvalue weighted by Crippen LogP contribution is 2.19. The van der Waals surface area contributed by atoms with Crippen molar-refractivity contribution in [1.82, 2.24) is 0 Å². The lowest BCUT2D eigenvalue weighted by molar-refractivity contribution is -0.167. The second-order valence-corrected chi connectivity index (χ2v) is 25.9. The molecule has 0 N–H and O–H groups in total. The molecule has 83 heavy (non-hydrogen) atoms. The van der Waals surface area contributed by atoms with Gasteiger partial charge in [-0.3, -0.25) is 14.4 Å². The van der Waals surface area contributed by atoms with Gasteiger partial charge in [0.15, 0.2) is 6.10 Å². The largest absolute Gasteiger partial charge is 0.462 e. The predicted molar refractivity (Wildman–Crippen MR) is 363 cm³/mol. The van der Waals surface area contributed by atoms with E-state index < -0.39 is 6.10 Å². The number of carbonyl (C=O) groups excluding carboxylic acids is 3. The van der Waals surface area contributed by atoms with Crippen molar-refractivity contribution in [2.45, 2.75) is 438 Å². The van der Waals surface area contributed by atoms with Crippen LogP contribution in [0.25, 0.3) is 0 Å². The number of esters is 3. The molecule has 0 aromatic heterocycles. The second-order valence-electron chi connectivity index (χ2n) is 25.9. The summed E-state index contributed by atoms with van der Waals surface area (Å²) in [7, 11) is 0. The van der Waals surface area contributed by atoms with Crippen LogP contribution >= 0.6 is 0 Å². The van der Waals surface area contributed by atoms with E-state index in [0.29, 0.717) is 19.3 Å². The van der Waals surface area contributed by atoms with E-state index >= 15 is 0 Å². The number of allylic oxidation sites excluding steroid dienone is 4. The van der Waals surface area contributed by atoms with Crippen LogP contribution in [0.5, 0.6) is 0 Å². The zero-order chi connectivity index (χ0) is 59.9. The molecule has 6 heteroatoms. The zero-order valence-corrected chi connectivity index (χ0v) is 56.5. The topological polar surface area (TPSA) is 78.9 Å². The van der Waals surface area contributed by atoms with E-state index in [9.17, 15) is 14.4 Å². The van der Waals surface area contributed by atoms with Crippen LogP contribution in [0.2, 0.25) is 0 Å². The molecule has 0 heterocycles. The third kappa shape index (κ3) is 70.5. The van der Waals surface area contributed by atoms with E-state index in [1.54, 1.807) is 0 Å². The Balaban J connectivity index is 4.14. The molecule has 6 nitrogen and oxygen atoms in total. The van der Waals surface area contributed by atoms with Crippen molar-refractivity contribution in [2.24, 2.45) is 0 Å². The van der Waals surface area contributed by atoms with Gasteiger partial charge in [0.1, 0.15) is 13.2 Å². The molecule has 0 saturated heterocycles. The molecule has 0 saturated carbocycles. The first kappa shape index (κ1) is 80.9. The molecule has 1 atom stereocenters. The molecular weight excluding hydrogens is 1020 g/mol. The molecule has 1 unspecified atom stereocenters. The first-order chi connectivity index (χ1) is 41.0. The Morgan fingerprint density at radius 3 is 0.614 bits per heavy atom. The third-order valence-electron chi connectivity index (χ3n) is 17.4. The maximum absolute atomic E-state index is 13.0. The average Bonchev–Trinajstić information content (AvgIpc) is 3.49. The van der Waals surface area contributed by atoms with Crippen LogP contribution in [0.15, 0.2) is 24.3 Å². The molecule has 490 valence electrons. The van der Waals surface area contributed by atoms with Gasteiger partial charge in [0, 0.05) is 19.3 Å².